The first-order chi connectivity index (χ1) is 10.1. The maximum atomic E-state index is 12.8. The molecule has 3 rings (SSSR count). The molecule has 1 saturated heterocycles. The second-order valence-corrected chi connectivity index (χ2v) is 7.71. The van der Waals surface area contributed by atoms with Crippen molar-refractivity contribution in [2.24, 2.45) is 0 Å². The smallest absolute Gasteiger partial charge is 0.245 e. The van der Waals surface area contributed by atoms with Crippen molar-refractivity contribution in [3.05, 3.63) is 53.0 Å². The number of hydrogen-bond donors (Lipinski definition) is 0. The Hall–Kier alpha value is -1.31. The number of halogens is 1. The molecule has 0 amide bonds. The van der Waals surface area contributed by atoms with Crippen LogP contribution < -0.4 is 0 Å². The molecular formula is C14H14BrN3O2S. The largest absolute Gasteiger partial charge is 0.264 e. The lowest BCUT2D eigenvalue weighted by Crippen LogP contribution is -2.30. The zero-order valence-corrected chi connectivity index (χ0v) is 13.6. The van der Waals surface area contributed by atoms with E-state index in [4.69, 9.17) is 0 Å². The molecule has 2 aromatic heterocycles. The second-order valence-electron chi connectivity index (χ2n) is 4.90. The minimum Gasteiger partial charge on any atom is -0.264 e. The topological polar surface area (TPSA) is 63.2 Å². The van der Waals surface area contributed by atoms with Gasteiger partial charge in [0.25, 0.3) is 0 Å². The molecule has 1 fully saturated rings. The van der Waals surface area contributed by atoms with Crippen molar-refractivity contribution in [2.45, 2.75) is 23.8 Å². The summed E-state index contributed by atoms with van der Waals surface area (Å²) in [6, 6.07) is 5.19. The average molecular weight is 368 g/mol. The summed E-state index contributed by atoms with van der Waals surface area (Å²) < 4.78 is 27.8. The van der Waals surface area contributed by atoms with Gasteiger partial charge in [-0.2, -0.15) is 4.31 Å². The molecular weight excluding hydrogens is 354 g/mol. The molecule has 21 heavy (non-hydrogen) atoms. The summed E-state index contributed by atoms with van der Waals surface area (Å²) >= 11 is 3.27. The molecule has 0 aromatic carbocycles. The molecule has 1 atom stereocenters. The molecule has 2 aromatic rings. The maximum absolute atomic E-state index is 12.8. The second kappa shape index (κ2) is 5.82. The number of aromatic nitrogens is 2. The molecule has 0 saturated carbocycles. The first-order valence-electron chi connectivity index (χ1n) is 6.61. The molecule has 3 heterocycles. The predicted molar refractivity (Wildman–Crippen MR) is 82.0 cm³/mol. The molecule has 1 unspecified atom stereocenters. The van der Waals surface area contributed by atoms with Crippen LogP contribution >= 0.6 is 15.9 Å². The van der Waals surface area contributed by atoms with E-state index < -0.39 is 10.0 Å². The van der Waals surface area contributed by atoms with Gasteiger partial charge in [-0.25, -0.2) is 8.42 Å². The quantitative estimate of drug-likeness (QED) is 0.836. The summed E-state index contributed by atoms with van der Waals surface area (Å²) in [5.74, 6) is 0. The van der Waals surface area contributed by atoms with Crippen LogP contribution in [0.4, 0.5) is 0 Å². The van der Waals surface area contributed by atoms with E-state index in [1.165, 1.54) is 6.20 Å². The van der Waals surface area contributed by atoms with Gasteiger partial charge in [0.15, 0.2) is 0 Å². The Morgan fingerprint density at radius 2 is 2.10 bits per heavy atom. The molecule has 0 aliphatic carbocycles. The van der Waals surface area contributed by atoms with Gasteiger partial charge in [-0.1, -0.05) is 6.07 Å². The lowest BCUT2D eigenvalue weighted by Gasteiger charge is -2.24. The molecule has 0 radical (unpaired) electrons. The third-order valence-corrected chi connectivity index (χ3v) is 5.87. The van der Waals surface area contributed by atoms with Gasteiger partial charge >= 0.3 is 0 Å². The standard InChI is InChI=1S/C14H14BrN3O2S/c15-12-7-13(10-17-9-12)21(19,20)18-6-2-4-14(18)11-3-1-5-16-8-11/h1,3,5,7-10,14H,2,4,6H2. The van der Waals surface area contributed by atoms with Gasteiger partial charge in [-0.3, -0.25) is 9.97 Å². The number of rotatable bonds is 3. The van der Waals surface area contributed by atoms with Crippen molar-refractivity contribution in [3.8, 4) is 0 Å². The van der Waals surface area contributed by atoms with Crippen LogP contribution in [-0.2, 0) is 10.0 Å². The number of pyridine rings is 2. The summed E-state index contributed by atoms with van der Waals surface area (Å²) in [6.45, 7) is 0.522. The van der Waals surface area contributed by atoms with Gasteiger partial charge in [0.1, 0.15) is 4.90 Å². The monoisotopic (exact) mass is 367 g/mol. The minimum atomic E-state index is -3.55. The molecule has 0 N–H and O–H groups in total. The van der Waals surface area contributed by atoms with Crippen LogP contribution in [0, 0.1) is 0 Å². The zero-order chi connectivity index (χ0) is 14.9. The van der Waals surface area contributed by atoms with E-state index in [0.717, 1.165) is 18.4 Å². The first-order valence-corrected chi connectivity index (χ1v) is 8.84. The molecule has 0 bridgehead atoms. The molecule has 1 aliphatic heterocycles. The Labute approximate surface area is 132 Å². The number of nitrogens with zero attached hydrogens (tertiary/aromatic N) is 3. The molecule has 0 spiro atoms. The fourth-order valence-electron chi connectivity index (χ4n) is 2.60. The van der Waals surface area contributed by atoms with Crippen molar-refractivity contribution in [2.75, 3.05) is 6.54 Å². The highest BCUT2D eigenvalue weighted by atomic mass is 79.9. The van der Waals surface area contributed by atoms with E-state index >= 15 is 0 Å². The fourth-order valence-corrected chi connectivity index (χ4v) is 4.79. The molecule has 7 heteroatoms. The van der Waals surface area contributed by atoms with Gasteiger partial charge in [0.2, 0.25) is 10.0 Å². The summed E-state index contributed by atoms with van der Waals surface area (Å²) in [6.07, 6.45) is 8.04. The van der Waals surface area contributed by atoms with Crippen LogP contribution in [0.15, 0.2) is 52.4 Å². The highest BCUT2D eigenvalue weighted by Crippen LogP contribution is 2.36. The van der Waals surface area contributed by atoms with Gasteiger partial charge in [0, 0.05) is 35.8 Å². The number of hydrogen-bond acceptors (Lipinski definition) is 4. The minimum absolute atomic E-state index is 0.150. The Morgan fingerprint density at radius 1 is 1.24 bits per heavy atom. The fraction of sp³-hybridized carbons (Fsp3) is 0.286. The summed E-state index contributed by atoms with van der Waals surface area (Å²) in [5, 5.41) is 0. The molecule has 110 valence electrons. The van der Waals surface area contributed by atoms with Crippen molar-refractivity contribution in [1.82, 2.24) is 14.3 Å². The van der Waals surface area contributed by atoms with Crippen LogP contribution in [0.3, 0.4) is 0 Å². The average Bonchev–Trinajstić information content (AvgIpc) is 2.98. The third-order valence-electron chi connectivity index (χ3n) is 3.56. The van der Waals surface area contributed by atoms with Crippen LogP contribution in [0.2, 0.25) is 0 Å². The lowest BCUT2D eigenvalue weighted by atomic mass is 10.1. The van der Waals surface area contributed by atoms with E-state index in [2.05, 4.69) is 25.9 Å². The predicted octanol–water partition coefficient (Wildman–Crippen LogP) is 2.76. The Balaban J connectivity index is 1.98. The Bertz CT molecular complexity index is 737. The van der Waals surface area contributed by atoms with E-state index in [1.54, 1.807) is 29.0 Å². The number of sulfonamides is 1. The first kappa shape index (κ1) is 14.6. The van der Waals surface area contributed by atoms with Gasteiger partial charge in [0.05, 0.1) is 6.04 Å². The van der Waals surface area contributed by atoms with E-state index in [0.29, 0.717) is 11.0 Å². The molecule has 1 aliphatic rings. The van der Waals surface area contributed by atoms with E-state index in [-0.39, 0.29) is 10.9 Å². The Morgan fingerprint density at radius 3 is 2.81 bits per heavy atom. The van der Waals surface area contributed by atoms with E-state index in [1.807, 2.05) is 12.1 Å². The van der Waals surface area contributed by atoms with Gasteiger partial charge in [-0.05, 0) is 46.5 Å². The van der Waals surface area contributed by atoms with Gasteiger partial charge < -0.3 is 0 Å². The Kier molecular flexibility index (Phi) is 4.05. The highest BCUT2D eigenvalue weighted by molar-refractivity contribution is 9.10. The maximum Gasteiger partial charge on any atom is 0.245 e. The van der Waals surface area contributed by atoms with Crippen molar-refractivity contribution >= 4 is 26.0 Å². The van der Waals surface area contributed by atoms with Gasteiger partial charge in [-0.15, -0.1) is 0 Å². The van der Waals surface area contributed by atoms with E-state index in [9.17, 15) is 8.42 Å². The molecule has 5 nitrogen and oxygen atoms in total. The van der Waals surface area contributed by atoms with Crippen molar-refractivity contribution in [1.29, 1.82) is 0 Å². The van der Waals surface area contributed by atoms with Crippen molar-refractivity contribution < 1.29 is 8.42 Å². The van der Waals surface area contributed by atoms with Crippen molar-refractivity contribution in [3.63, 3.8) is 0 Å². The zero-order valence-electron chi connectivity index (χ0n) is 11.2. The summed E-state index contributed by atoms with van der Waals surface area (Å²) in [7, 11) is -3.55. The van der Waals surface area contributed by atoms with Crippen LogP contribution in [-0.4, -0.2) is 29.2 Å². The lowest BCUT2D eigenvalue weighted by molar-refractivity contribution is 0.396. The van der Waals surface area contributed by atoms with Crippen LogP contribution in [0.25, 0.3) is 0 Å². The highest BCUT2D eigenvalue weighted by Gasteiger charge is 2.36. The third kappa shape index (κ3) is 2.86. The summed E-state index contributed by atoms with van der Waals surface area (Å²) in [5.41, 5.74) is 0.932. The van der Waals surface area contributed by atoms with Crippen LogP contribution in [0.1, 0.15) is 24.4 Å². The van der Waals surface area contributed by atoms with Crippen LogP contribution in [0.5, 0.6) is 0 Å². The SMILES string of the molecule is O=S(=O)(c1cncc(Br)c1)N1CCCC1c1cccnc1. The normalized spacial score (nSPS) is 19.8. The summed E-state index contributed by atoms with van der Waals surface area (Å²) in [4.78, 5) is 8.26.